The lowest BCUT2D eigenvalue weighted by atomic mass is 9.94. The number of benzene rings is 2. The van der Waals surface area contributed by atoms with Crippen LogP contribution in [0, 0.1) is 17.0 Å². The molecule has 1 saturated carbocycles. The summed E-state index contributed by atoms with van der Waals surface area (Å²) >= 11 is 3.29. The molecule has 2 heterocycles. The normalized spacial score (nSPS) is 19.0. The minimum atomic E-state index is -1.02. The van der Waals surface area contributed by atoms with Gasteiger partial charge in [0.2, 0.25) is 11.8 Å². The van der Waals surface area contributed by atoms with Gasteiger partial charge in [-0.05, 0) is 68.9 Å². The van der Waals surface area contributed by atoms with Gasteiger partial charge in [0.1, 0.15) is 17.0 Å². The fourth-order valence-electron chi connectivity index (χ4n) is 5.52. The molecule has 7 nitrogen and oxygen atoms in total. The van der Waals surface area contributed by atoms with Crippen LogP contribution in [0.4, 0.5) is 8.78 Å². The van der Waals surface area contributed by atoms with Crippen molar-refractivity contribution in [3.8, 4) is 0 Å². The van der Waals surface area contributed by atoms with Gasteiger partial charge < -0.3 is 9.80 Å². The van der Waals surface area contributed by atoms with Gasteiger partial charge in [-0.1, -0.05) is 39.3 Å². The minimum Gasteiger partial charge on any atom is -0.340 e. The van der Waals surface area contributed by atoms with Crippen LogP contribution < -0.4 is 0 Å². The first-order valence-electron chi connectivity index (χ1n) is 13.3. The molecule has 5 rings (SSSR count). The zero-order valence-corrected chi connectivity index (χ0v) is 23.7. The lowest BCUT2D eigenvalue weighted by Gasteiger charge is -2.38. The molecule has 2 aromatic carbocycles. The molecule has 3 aromatic rings. The molecule has 206 valence electrons. The molecule has 0 spiro atoms. The maximum atomic E-state index is 14.5. The van der Waals surface area contributed by atoms with Crippen molar-refractivity contribution >= 4 is 27.7 Å². The summed E-state index contributed by atoms with van der Waals surface area (Å²) in [7, 11) is 1.69. The summed E-state index contributed by atoms with van der Waals surface area (Å²) in [6.07, 6.45) is 6.13. The van der Waals surface area contributed by atoms with Crippen LogP contribution in [0.2, 0.25) is 0 Å². The average molecular weight is 601 g/mol. The van der Waals surface area contributed by atoms with Crippen molar-refractivity contribution < 1.29 is 18.4 Å². The molecule has 1 saturated heterocycles. The molecule has 2 atom stereocenters. The first-order chi connectivity index (χ1) is 18.7. The van der Waals surface area contributed by atoms with E-state index in [9.17, 15) is 18.4 Å². The second kappa shape index (κ2) is 11.2. The Hall–Kier alpha value is -3.14. The van der Waals surface area contributed by atoms with Gasteiger partial charge in [-0.25, -0.2) is 13.5 Å². The van der Waals surface area contributed by atoms with E-state index in [1.54, 1.807) is 40.9 Å². The van der Waals surface area contributed by atoms with E-state index in [0.29, 0.717) is 42.4 Å². The lowest BCUT2D eigenvalue weighted by molar-refractivity contribution is -0.151. The molecule has 2 fully saturated rings. The van der Waals surface area contributed by atoms with Gasteiger partial charge in [0, 0.05) is 48.8 Å². The highest BCUT2D eigenvalue weighted by Gasteiger charge is 2.59. The van der Waals surface area contributed by atoms with Crippen LogP contribution in [0.25, 0.3) is 0 Å². The summed E-state index contributed by atoms with van der Waals surface area (Å²) < 4.78 is 30.1. The number of carbonyl (C=O) groups is 2. The SMILES string of the molecule is C[C@@H](c1ccc(Br)cc1F)n1cc(CC2CCCCN2C(=O)C2(C(=O)N(C)Cc3ccc(F)cc3)CC2)nn1. The summed E-state index contributed by atoms with van der Waals surface area (Å²) in [5.74, 6) is -0.937. The number of halogens is 3. The molecular formula is C29H32BrF2N5O2. The molecule has 2 amide bonds. The summed E-state index contributed by atoms with van der Waals surface area (Å²) in [5, 5.41) is 8.58. The molecule has 1 aliphatic heterocycles. The third kappa shape index (κ3) is 5.76. The van der Waals surface area contributed by atoms with E-state index >= 15 is 0 Å². The number of piperidine rings is 1. The maximum absolute atomic E-state index is 14.5. The highest BCUT2D eigenvalue weighted by molar-refractivity contribution is 9.10. The Morgan fingerprint density at radius 3 is 2.59 bits per heavy atom. The molecule has 1 aromatic heterocycles. The van der Waals surface area contributed by atoms with Gasteiger partial charge in [0.05, 0.1) is 11.7 Å². The van der Waals surface area contributed by atoms with E-state index in [1.807, 2.05) is 18.0 Å². The topological polar surface area (TPSA) is 71.3 Å². The van der Waals surface area contributed by atoms with E-state index < -0.39 is 5.41 Å². The lowest BCUT2D eigenvalue weighted by Crippen LogP contribution is -2.51. The quantitative estimate of drug-likeness (QED) is 0.330. The van der Waals surface area contributed by atoms with Crippen LogP contribution in [0.1, 0.15) is 61.9 Å². The fraction of sp³-hybridized carbons (Fsp3) is 0.448. The number of aromatic nitrogens is 3. The zero-order chi connectivity index (χ0) is 27.7. The van der Waals surface area contributed by atoms with Gasteiger partial charge >= 0.3 is 0 Å². The van der Waals surface area contributed by atoms with Gasteiger partial charge in [-0.3, -0.25) is 9.59 Å². The number of hydrogen-bond acceptors (Lipinski definition) is 4. The van der Waals surface area contributed by atoms with Crippen molar-refractivity contribution in [1.82, 2.24) is 24.8 Å². The van der Waals surface area contributed by atoms with E-state index in [1.165, 1.54) is 18.2 Å². The Morgan fingerprint density at radius 2 is 1.90 bits per heavy atom. The molecule has 39 heavy (non-hydrogen) atoms. The van der Waals surface area contributed by atoms with Crippen molar-refractivity contribution in [2.24, 2.45) is 5.41 Å². The van der Waals surface area contributed by atoms with Crippen molar-refractivity contribution in [2.45, 2.75) is 64.1 Å². The molecular weight excluding hydrogens is 568 g/mol. The Balaban J connectivity index is 1.27. The van der Waals surface area contributed by atoms with Crippen molar-refractivity contribution in [1.29, 1.82) is 0 Å². The van der Waals surface area contributed by atoms with Crippen LogP contribution in [0.3, 0.4) is 0 Å². The summed E-state index contributed by atoms with van der Waals surface area (Å²) in [5.41, 5.74) is 1.04. The first-order valence-corrected chi connectivity index (χ1v) is 14.1. The van der Waals surface area contributed by atoms with E-state index in [4.69, 9.17) is 0 Å². The highest BCUT2D eigenvalue weighted by Crippen LogP contribution is 2.49. The smallest absolute Gasteiger partial charge is 0.238 e. The van der Waals surface area contributed by atoms with Crippen molar-refractivity contribution in [3.63, 3.8) is 0 Å². The van der Waals surface area contributed by atoms with Crippen LogP contribution >= 0.6 is 15.9 Å². The number of amides is 2. The predicted octanol–water partition coefficient (Wildman–Crippen LogP) is 5.29. The standard InChI is InChI=1S/C29H32BrF2N5O2/c1-19(25-11-8-21(30)15-26(25)32)37-18-23(33-34-37)16-24-5-3-4-14-36(24)28(39)29(12-13-29)27(38)35(2)17-20-6-9-22(31)10-7-20/h6-11,15,18-19,24H,3-5,12-14,16-17H2,1-2H3/t19-,24?/m0/s1. The van der Waals surface area contributed by atoms with Gasteiger partial charge in [-0.15, -0.1) is 5.10 Å². The van der Waals surface area contributed by atoms with E-state index in [-0.39, 0.29) is 35.5 Å². The predicted molar refractivity (Wildman–Crippen MR) is 146 cm³/mol. The Morgan fingerprint density at radius 1 is 1.15 bits per heavy atom. The summed E-state index contributed by atoms with van der Waals surface area (Å²) in [6.45, 7) is 2.79. The second-order valence-electron chi connectivity index (χ2n) is 10.8. The molecule has 0 radical (unpaired) electrons. The number of likely N-dealkylation sites (tertiary alicyclic amines) is 1. The maximum Gasteiger partial charge on any atom is 0.238 e. The Labute approximate surface area is 235 Å². The van der Waals surface area contributed by atoms with Gasteiger partial charge in [0.25, 0.3) is 0 Å². The summed E-state index contributed by atoms with van der Waals surface area (Å²) in [6, 6.07) is 10.6. The summed E-state index contributed by atoms with van der Waals surface area (Å²) in [4.78, 5) is 30.7. The minimum absolute atomic E-state index is 0.0798. The van der Waals surface area contributed by atoms with Gasteiger partial charge in [0.15, 0.2) is 0 Å². The monoisotopic (exact) mass is 599 g/mol. The van der Waals surface area contributed by atoms with Crippen LogP contribution in [-0.4, -0.2) is 56.2 Å². The first kappa shape index (κ1) is 27.4. The van der Waals surface area contributed by atoms with Gasteiger partial charge in [-0.2, -0.15) is 0 Å². The Bertz CT molecular complexity index is 1360. The number of nitrogens with zero attached hydrogens (tertiary/aromatic N) is 5. The third-order valence-corrected chi connectivity index (χ3v) is 8.44. The van der Waals surface area contributed by atoms with Crippen LogP contribution in [-0.2, 0) is 22.6 Å². The molecule has 2 aliphatic rings. The Kier molecular flexibility index (Phi) is 7.84. The van der Waals surface area contributed by atoms with Crippen molar-refractivity contribution in [3.05, 3.63) is 81.6 Å². The van der Waals surface area contributed by atoms with Crippen molar-refractivity contribution in [2.75, 3.05) is 13.6 Å². The largest absolute Gasteiger partial charge is 0.340 e. The number of carbonyl (C=O) groups excluding carboxylic acids is 2. The zero-order valence-electron chi connectivity index (χ0n) is 22.1. The molecule has 1 aliphatic carbocycles. The molecule has 0 bridgehead atoms. The fourth-order valence-corrected chi connectivity index (χ4v) is 5.85. The third-order valence-electron chi connectivity index (χ3n) is 7.95. The average Bonchev–Trinajstić information content (AvgIpc) is 3.61. The van der Waals surface area contributed by atoms with Crippen LogP contribution in [0.5, 0.6) is 0 Å². The van der Waals surface area contributed by atoms with E-state index in [0.717, 1.165) is 30.5 Å². The number of hydrogen-bond donors (Lipinski definition) is 0. The highest BCUT2D eigenvalue weighted by atomic mass is 79.9. The second-order valence-corrected chi connectivity index (χ2v) is 11.7. The van der Waals surface area contributed by atoms with Crippen LogP contribution in [0.15, 0.2) is 53.1 Å². The number of rotatable bonds is 8. The van der Waals surface area contributed by atoms with E-state index in [2.05, 4.69) is 26.2 Å². The molecule has 1 unspecified atom stereocenters. The molecule has 0 N–H and O–H groups in total. The molecule has 10 heteroatoms.